The Kier molecular flexibility index (Phi) is 22.2. The topological polar surface area (TPSA) is 80.5 Å². The number of likely N-dealkylation sites (tertiary alicyclic amines) is 1. The average Bonchev–Trinajstić information content (AvgIpc) is 3.27. The first-order valence-electron chi connectivity index (χ1n) is 13.5. The predicted molar refractivity (Wildman–Crippen MR) is 174 cm³/mol. The molecule has 38 heavy (non-hydrogen) atoms. The van der Waals surface area contributed by atoms with Crippen molar-refractivity contribution >= 4 is 23.7 Å². The Morgan fingerprint density at radius 2 is 1.68 bits per heavy atom. The zero-order valence-electron chi connectivity index (χ0n) is 25.0. The molecule has 5 heteroatoms. The number of hydrogen-bond donors (Lipinski definition) is 2. The summed E-state index contributed by atoms with van der Waals surface area (Å²) < 4.78 is 0. The van der Waals surface area contributed by atoms with Crippen molar-refractivity contribution < 1.29 is 0 Å². The lowest BCUT2D eigenvalue weighted by Crippen LogP contribution is -2.20. The average molecular weight is 520 g/mol. The second-order valence-electron chi connectivity index (χ2n) is 8.25. The number of amidine groups is 1. The van der Waals surface area contributed by atoms with Gasteiger partial charge >= 0.3 is 0 Å². The summed E-state index contributed by atoms with van der Waals surface area (Å²) in [4.78, 5) is 11.4. The van der Waals surface area contributed by atoms with Crippen molar-refractivity contribution in [3.63, 3.8) is 0 Å². The zero-order valence-corrected chi connectivity index (χ0v) is 25.0. The number of fused-ring (bicyclic) bond motifs is 1. The summed E-state index contributed by atoms with van der Waals surface area (Å²) in [6, 6.07) is 11.2. The van der Waals surface area contributed by atoms with Gasteiger partial charge in [0, 0.05) is 29.8 Å². The van der Waals surface area contributed by atoms with Crippen LogP contribution >= 0.6 is 0 Å². The molecule has 0 amide bonds. The largest absolute Gasteiger partial charge is 0.387 e. The molecule has 1 saturated heterocycles. The number of hydrogen-bond acceptors (Lipinski definition) is 5. The van der Waals surface area contributed by atoms with Crippen molar-refractivity contribution in [2.24, 2.45) is 16.5 Å². The monoisotopic (exact) mass is 519 g/mol. The van der Waals surface area contributed by atoms with Gasteiger partial charge in [0.25, 0.3) is 0 Å². The van der Waals surface area contributed by atoms with E-state index in [0.29, 0.717) is 5.84 Å². The molecule has 0 spiro atoms. The number of aliphatic imine (C=N–C) groups is 1. The highest BCUT2D eigenvalue weighted by molar-refractivity contribution is 5.90. The van der Waals surface area contributed by atoms with Crippen LogP contribution in [0.1, 0.15) is 71.1 Å². The first kappa shape index (κ1) is 36.9. The molecule has 5 nitrogen and oxygen atoms in total. The molecule has 4 N–H and O–H groups in total. The van der Waals surface area contributed by atoms with Crippen molar-refractivity contribution in [2.75, 3.05) is 20.6 Å². The highest BCUT2D eigenvalue weighted by Gasteiger charge is 2.14. The Morgan fingerprint density at radius 3 is 2.13 bits per heavy atom. The van der Waals surface area contributed by atoms with Gasteiger partial charge in [-0.05, 0) is 70.6 Å². The molecule has 2 aromatic rings. The van der Waals surface area contributed by atoms with Crippen molar-refractivity contribution in [2.45, 2.75) is 65.8 Å². The Hall–Kier alpha value is -3.28. The summed E-state index contributed by atoms with van der Waals surface area (Å²) in [6.07, 6.45) is 11.6. The summed E-state index contributed by atoms with van der Waals surface area (Å²) in [5.74, 6) is 0.681. The Balaban J connectivity index is 0. The lowest BCUT2D eigenvalue weighted by molar-refractivity contribution is 0.331. The van der Waals surface area contributed by atoms with E-state index in [1.807, 2.05) is 32.2 Å². The van der Waals surface area contributed by atoms with E-state index in [2.05, 4.69) is 98.7 Å². The molecule has 1 aromatic heterocycles. The van der Waals surface area contributed by atoms with Gasteiger partial charge in [-0.25, -0.2) is 4.99 Å². The molecular weight excluding hydrogens is 466 g/mol. The van der Waals surface area contributed by atoms with Crippen LogP contribution in [0.15, 0.2) is 80.0 Å². The minimum atomic E-state index is 0.681. The SMILES string of the molecule is C=C.C=C.C=Cc1ccc(-c2ccc3c(c2)N=C(N)CC(CCC)=C3)cn1.CC.CC1CCCN1C.CN. The minimum absolute atomic E-state index is 0.681. The fourth-order valence-corrected chi connectivity index (χ4v) is 3.90. The molecule has 2 aliphatic heterocycles. The normalized spacial score (nSPS) is 15.1. The fourth-order valence-electron chi connectivity index (χ4n) is 3.90. The third kappa shape index (κ3) is 12.8. The smallest absolute Gasteiger partial charge is 0.104 e. The minimum Gasteiger partial charge on any atom is -0.387 e. The van der Waals surface area contributed by atoms with E-state index < -0.39 is 0 Å². The van der Waals surface area contributed by atoms with Crippen LogP contribution in [0.2, 0.25) is 0 Å². The number of aromatic nitrogens is 1. The van der Waals surface area contributed by atoms with Crippen molar-refractivity contribution in [1.29, 1.82) is 0 Å². The van der Waals surface area contributed by atoms with Crippen LogP contribution in [0.5, 0.6) is 0 Å². The van der Waals surface area contributed by atoms with Gasteiger partial charge in [-0.3, -0.25) is 4.98 Å². The maximum absolute atomic E-state index is 6.08. The van der Waals surface area contributed by atoms with Gasteiger partial charge in [0.1, 0.15) is 5.84 Å². The second kappa shape index (κ2) is 22.9. The van der Waals surface area contributed by atoms with Gasteiger partial charge in [0.2, 0.25) is 0 Å². The Labute approximate surface area is 233 Å². The quantitative estimate of drug-likeness (QED) is 0.398. The molecule has 1 unspecified atom stereocenters. The lowest BCUT2D eigenvalue weighted by atomic mass is 10.0. The van der Waals surface area contributed by atoms with Gasteiger partial charge < -0.3 is 16.4 Å². The fraction of sp³-hybridized carbons (Fsp3) is 0.394. The maximum Gasteiger partial charge on any atom is 0.104 e. The molecule has 0 saturated carbocycles. The molecular formula is C33H53N5. The van der Waals surface area contributed by atoms with Crippen molar-refractivity contribution in [1.82, 2.24) is 9.88 Å². The van der Waals surface area contributed by atoms with E-state index in [0.717, 1.165) is 53.4 Å². The first-order valence-corrected chi connectivity index (χ1v) is 13.5. The van der Waals surface area contributed by atoms with E-state index >= 15 is 0 Å². The van der Waals surface area contributed by atoms with Gasteiger partial charge in [-0.2, -0.15) is 0 Å². The van der Waals surface area contributed by atoms with Crippen LogP contribution in [-0.2, 0) is 0 Å². The van der Waals surface area contributed by atoms with E-state index in [9.17, 15) is 0 Å². The molecule has 0 aliphatic carbocycles. The number of benzene rings is 1. The number of nitrogens with zero attached hydrogens (tertiary/aromatic N) is 3. The summed E-state index contributed by atoms with van der Waals surface area (Å²) in [6.45, 7) is 25.5. The predicted octanol–water partition coefficient (Wildman–Crippen LogP) is 8.27. The van der Waals surface area contributed by atoms with E-state index in [1.54, 1.807) is 6.08 Å². The van der Waals surface area contributed by atoms with Crippen molar-refractivity contribution in [3.05, 3.63) is 86.3 Å². The van der Waals surface area contributed by atoms with Crippen LogP contribution < -0.4 is 11.5 Å². The zero-order chi connectivity index (χ0) is 29.5. The number of pyridine rings is 1. The van der Waals surface area contributed by atoms with Gasteiger partial charge in [0.15, 0.2) is 0 Å². The second-order valence-corrected chi connectivity index (χ2v) is 8.25. The summed E-state index contributed by atoms with van der Waals surface area (Å²) in [7, 11) is 3.69. The summed E-state index contributed by atoms with van der Waals surface area (Å²) in [5.41, 5.74) is 17.0. The molecule has 2 aliphatic rings. The lowest BCUT2D eigenvalue weighted by Gasteiger charge is -2.12. The Bertz CT molecular complexity index is 950. The third-order valence-corrected chi connectivity index (χ3v) is 5.85. The molecule has 3 heterocycles. The van der Waals surface area contributed by atoms with Crippen LogP contribution in [0.4, 0.5) is 5.69 Å². The number of rotatable bonds is 4. The maximum atomic E-state index is 6.08. The molecule has 0 radical (unpaired) electrons. The van der Waals surface area contributed by atoms with Gasteiger partial charge in [-0.1, -0.05) is 63.6 Å². The first-order chi connectivity index (χ1) is 18.5. The highest BCUT2D eigenvalue weighted by Crippen LogP contribution is 2.32. The van der Waals surface area contributed by atoms with Crippen LogP contribution in [0.25, 0.3) is 23.3 Å². The standard InChI is InChI=1S/C20H21N3.C6H13N.C2H6.2C2H4.CH5N/c1-3-5-14-10-16-7-6-15(12-19(16)23-20(21)11-14)17-8-9-18(4-2)22-13-17;1-6-4-3-5-7(6)2;4*1-2/h4,6-10,12-13H,2-3,5,11H2,1H3,(H2,21,23);6H,3-5H2,1-2H3;1-2H3;2*1-2H2;2H2,1H3. The van der Waals surface area contributed by atoms with E-state index in [1.165, 1.54) is 32.0 Å². The van der Waals surface area contributed by atoms with Gasteiger partial charge in [-0.15, -0.1) is 26.3 Å². The van der Waals surface area contributed by atoms with E-state index in [4.69, 9.17) is 5.73 Å². The van der Waals surface area contributed by atoms with Crippen LogP contribution in [0.3, 0.4) is 0 Å². The molecule has 4 rings (SSSR count). The van der Waals surface area contributed by atoms with Gasteiger partial charge in [0.05, 0.1) is 11.4 Å². The van der Waals surface area contributed by atoms with Crippen LogP contribution in [-0.4, -0.2) is 42.4 Å². The Morgan fingerprint density at radius 1 is 1.05 bits per heavy atom. The molecule has 0 bridgehead atoms. The summed E-state index contributed by atoms with van der Waals surface area (Å²) >= 11 is 0. The van der Waals surface area contributed by atoms with Crippen LogP contribution in [0, 0.1) is 0 Å². The molecule has 1 fully saturated rings. The highest BCUT2D eigenvalue weighted by atomic mass is 15.1. The molecule has 1 aromatic carbocycles. The molecule has 210 valence electrons. The van der Waals surface area contributed by atoms with E-state index in [-0.39, 0.29) is 0 Å². The third-order valence-electron chi connectivity index (χ3n) is 5.85. The number of nitrogens with two attached hydrogens (primary N) is 2. The summed E-state index contributed by atoms with van der Waals surface area (Å²) in [5, 5.41) is 0. The van der Waals surface area contributed by atoms with Crippen molar-refractivity contribution in [3.8, 4) is 11.1 Å². The molecule has 1 atom stereocenters.